The molecule has 0 atom stereocenters. The van der Waals surface area contributed by atoms with Gasteiger partial charge in [0.1, 0.15) is 0 Å². The van der Waals surface area contributed by atoms with Gasteiger partial charge in [-0.05, 0) is 49.3 Å². The monoisotopic (exact) mass is 334 g/mol. The van der Waals surface area contributed by atoms with Crippen molar-refractivity contribution in [1.29, 1.82) is 0 Å². The highest BCUT2D eigenvalue weighted by Gasteiger charge is 2.19. The van der Waals surface area contributed by atoms with E-state index < -0.39 is 6.09 Å². The lowest BCUT2D eigenvalue weighted by molar-refractivity contribution is 0.160. The fourth-order valence-corrected chi connectivity index (χ4v) is 2.76. The Kier molecular flexibility index (Phi) is 6.46. The lowest BCUT2D eigenvalue weighted by Gasteiger charge is -2.17. The Hall–Kier alpha value is -2.24. The Balaban J connectivity index is 2.16. The van der Waals surface area contributed by atoms with Crippen LogP contribution in [0.2, 0.25) is 0 Å². The van der Waals surface area contributed by atoms with E-state index in [2.05, 4.69) is 9.99 Å². The largest absolute Gasteiger partial charge is 0.493 e. The minimum absolute atomic E-state index is 0.130. The molecule has 132 valence electrons. The first-order chi connectivity index (χ1) is 11.5. The van der Waals surface area contributed by atoms with Crippen LogP contribution in [0.5, 0.6) is 11.5 Å². The molecule has 1 aliphatic carbocycles. The number of rotatable bonds is 7. The van der Waals surface area contributed by atoms with Gasteiger partial charge < -0.3 is 15.2 Å². The molecule has 0 aliphatic heterocycles. The molecule has 1 aromatic rings. The molecule has 0 radical (unpaired) electrons. The summed E-state index contributed by atoms with van der Waals surface area (Å²) in [5.74, 6) is 1.61. The molecule has 2 rings (SSSR count). The van der Waals surface area contributed by atoms with Gasteiger partial charge in [0, 0.05) is 6.42 Å². The van der Waals surface area contributed by atoms with E-state index in [0.29, 0.717) is 6.42 Å². The Bertz CT molecular complexity index is 593. The average Bonchev–Trinajstić information content (AvgIpc) is 3.04. The van der Waals surface area contributed by atoms with Crippen molar-refractivity contribution in [1.82, 2.24) is 0 Å². The Labute approximate surface area is 142 Å². The summed E-state index contributed by atoms with van der Waals surface area (Å²) >= 11 is 0. The molecule has 1 amide bonds. The summed E-state index contributed by atoms with van der Waals surface area (Å²) in [5, 5.41) is 3.86. The van der Waals surface area contributed by atoms with Crippen LogP contribution in [0, 0.1) is 5.92 Å². The molecule has 0 saturated heterocycles. The minimum atomic E-state index is -0.909. The van der Waals surface area contributed by atoms with Gasteiger partial charge in [-0.1, -0.05) is 25.1 Å². The van der Waals surface area contributed by atoms with Crippen molar-refractivity contribution < 1.29 is 19.1 Å². The topological polar surface area (TPSA) is 83.1 Å². The smallest absolute Gasteiger partial charge is 0.430 e. The molecular weight excluding hydrogens is 308 g/mol. The maximum absolute atomic E-state index is 10.8. The van der Waals surface area contributed by atoms with E-state index in [0.717, 1.165) is 35.6 Å². The van der Waals surface area contributed by atoms with Crippen LogP contribution in [0.15, 0.2) is 23.4 Å². The highest BCUT2D eigenvalue weighted by molar-refractivity contribution is 5.88. The molecule has 1 saturated carbocycles. The predicted molar refractivity (Wildman–Crippen MR) is 92.5 cm³/mol. The zero-order chi connectivity index (χ0) is 17.5. The normalized spacial score (nSPS) is 15.6. The van der Waals surface area contributed by atoms with Crippen LogP contribution in [0.3, 0.4) is 0 Å². The van der Waals surface area contributed by atoms with E-state index >= 15 is 0 Å². The van der Waals surface area contributed by atoms with Crippen molar-refractivity contribution in [3.05, 3.63) is 23.8 Å². The first-order valence-electron chi connectivity index (χ1n) is 8.36. The van der Waals surface area contributed by atoms with Crippen molar-refractivity contribution in [2.45, 2.75) is 52.1 Å². The molecule has 0 spiro atoms. The number of hydrogen-bond acceptors (Lipinski definition) is 5. The molecule has 0 unspecified atom stereocenters. The number of primary amides is 1. The van der Waals surface area contributed by atoms with Gasteiger partial charge in [0.05, 0.1) is 18.9 Å². The van der Waals surface area contributed by atoms with Crippen LogP contribution >= 0.6 is 0 Å². The summed E-state index contributed by atoms with van der Waals surface area (Å²) in [6.45, 7) is 3.98. The molecule has 0 aromatic heterocycles. The van der Waals surface area contributed by atoms with Crippen LogP contribution in [-0.4, -0.2) is 25.0 Å². The molecule has 6 nitrogen and oxygen atoms in total. The van der Waals surface area contributed by atoms with Crippen molar-refractivity contribution >= 4 is 11.8 Å². The number of carbonyl (C=O) groups is 1. The second kappa shape index (κ2) is 8.57. The molecule has 1 aromatic carbocycles. The fraction of sp³-hybridized carbons (Fsp3) is 0.556. The van der Waals surface area contributed by atoms with Gasteiger partial charge in [0.25, 0.3) is 0 Å². The van der Waals surface area contributed by atoms with E-state index in [1.807, 2.05) is 32.0 Å². The van der Waals surface area contributed by atoms with Gasteiger partial charge in [-0.3, -0.25) is 4.84 Å². The van der Waals surface area contributed by atoms with Crippen molar-refractivity contribution in [2.24, 2.45) is 16.8 Å². The molecule has 0 bridgehead atoms. The molecular formula is C18H26N2O4. The quantitative estimate of drug-likeness (QED) is 0.468. The summed E-state index contributed by atoms with van der Waals surface area (Å²) in [6, 6.07) is 5.83. The maximum atomic E-state index is 10.8. The van der Waals surface area contributed by atoms with Crippen LogP contribution in [0.1, 0.15) is 45.1 Å². The van der Waals surface area contributed by atoms with E-state index in [-0.39, 0.29) is 12.0 Å². The number of carbonyl (C=O) groups excluding carboxylic acids is 1. The lowest BCUT2D eigenvalue weighted by atomic mass is 10.00. The summed E-state index contributed by atoms with van der Waals surface area (Å²) < 4.78 is 11.5. The second-order valence-corrected chi connectivity index (χ2v) is 6.33. The van der Waals surface area contributed by atoms with Gasteiger partial charge in [-0.2, -0.15) is 0 Å². The third-order valence-electron chi connectivity index (χ3n) is 4.13. The average molecular weight is 334 g/mol. The number of nitrogens with two attached hydrogens (primary N) is 1. The maximum Gasteiger partial charge on any atom is 0.430 e. The SMILES string of the molecule is COc1ccc(CC(=NOC(N)=O)C(C)C)cc1OC1CCCC1. The molecule has 2 N–H and O–H groups in total. The zero-order valence-electron chi connectivity index (χ0n) is 14.6. The summed E-state index contributed by atoms with van der Waals surface area (Å²) in [5.41, 5.74) is 6.74. The standard InChI is InChI=1S/C18H26N2O4/c1-12(2)15(20-24-18(19)21)10-13-8-9-16(22-3)17(11-13)23-14-6-4-5-7-14/h8-9,11-12,14H,4-7,10H2,1-3H3,(H2,19,21). The molecule has 1 fully saturated rings. The van der Waals surface area contributed by atoms with Crippen molar-refractivity contribution in [3.63, 3.8) is 0 Å². The second-order valence-electron chi connectivity index (χ2n) is 6.33. The number of ether oxygens (including phenoxy) is 2. The van der Waals surface area contributed by atoms with Gasteiger partial charge >= 0.3 is 6.09 Å². The third-order valence-corrected chi connectivity index (χ3v) is 4.13. The van der Waals surface area contributed by atoms with E-state index in [4.69, 9.17) is 15.2 Å². The molecule has 0 heterocycles. The highest BCUT2D eigenvalue weighted by Crippen LogP contribution is 2.32. The van der Waals surface area contributed by atoms with E-state index in [1.54, 1.807) is 7.11 Å². The summed E-state index contributed by atoms with van der Waals surface area (Å²) in [7, 11) is 1.64. The number of amides is 1. The van der Waals surface area contributed by atoms with Gasteiger partial charge in [-0.15, -0.1) is 0 Å². The third kappa shape index (κ3) is 5.15. The van der Waals surface area contributed by atoms with Crippen LogP contribution < -0.4 is 15.2 Å². The Morgan fingerprint density at radius 3 is 2.58 bits per heavy atom. The predicted octanol–water partition coefficient (Wildman–Crippen LogP) is 3.67. The van der Waals surface area contributed by atoms with Crippen molar-refractivity contribution in [2.75, 3.05) is 7.11 Å². The highest BCUT2D eigenvalue weighted by atomic mass is 16.7. The van der Waals surface area contributed by atoms with Crippen molar-refractivity contribution in [3.8, 4) is 11.5 Å². The minimum Gasteiger partial charge on any atom is -0.493 e. The first-order valence-corrected chi connectivity index (χ1v) is 8.36. The summed E-state index contributed by atoms with van der Waals surface area (Å²) in [4.78, 5) is 15.4. The molecule has 24 heavy (non-hydrogen) atoms. The number of methoxy groups -OCH3 is 1. The van der Waals surface area contributed by atoms with Crippen LogP contribution in [-0.2, 0) is 11.3 Å². The number of hydrogen-bond donors (Lipinski definition) is 1. The molecule has 6 heteroatoms. The van der Waals surface area contributed by atoms with Gasteiger partial charge in [0.2, 0.25) is 0 Å². The van der Waals surface area contributed by atoms with E-state index in [1.165, 1.54) is 12.8 Å². The van der Waals surface area contributed by atoms with Crippen LogP contribution in [0.25, 0.3) is 0 Å². The van der Waals surface area contributed by atoms with E-state index in [9.17, 15) is 4.79 Å². The zero-order valence-corrected chi connectivity index (χ0v) is 14.6. The Morgan fingerprint density at radius 1 is 1.29 bits per heavy atom. The van der Waals surface area contributed by atoms with Gasteiger partial charge in [-0.25, -0.2) is 4.79 Å². The Morgan fingerprint density at radius 2 is 2.00 bits per heavy atom. The molecule has 1 aliphatic rings. The lowest BCUT2D eigenvalue weighted by Crippen LogP contribution is -2.16. The van der Waals surface area contributed by atoms with Crippen LogP contribution in [0.4, 0.5) is 4.79 Å². The first kappa shape index (κ1) is 18.1. The van der Waals surface area contributed by atoms with Gasteiger partial charge in [0.15, 0.2) is 11.5 Å². The number of benzene rings is 1. The summed E-state index contributed by atoms with van der Waals surface area (Å²) in [6.07, 6.45) is 4.48. The fourth-order valence-electron chi connectivity index (χ4n) is 2.76. The number of oxime groups is 1. The number of nitrogens with zero attached hydrogens (tertiary/aromatic N) is 1.